The average molecular weight is 249 g/mol. The minimum Gasteiger partial charge on any atom is -0.504 e. The Hall–Kier alpha value is -1.22. The van der Waals surface area contributed by atoms with Crippen molar-refractivity contribution in [1.29, 1.82) is 0 Å². The van der Waals surface area contributed by atoms with Crippen molar-refractivity contribution in [3.63, 3.8) is 0 Å². The number of benzene rings is 1. The molecule has 0 saturated heterocycles. The lowest BCUT2D eigenvalue weighted by molar-refractivity contribution is 0.314. The molecule has 0 atom stereocenters. The van der Waals surface area contributed by atoms with Crippen LogP contribution in [0.3, 0.4) is 0 Å². The number of methoxy groups -OCH3 is 1. The Balaban J connectivity index is 1.86. The van der Waals surface area contributed by atoms with Crippen LogP contribution in [0.2, 0.25) is 0 Å². The first-order valence-electron chi connectivity index (χ1n) is 6.70. The monoisotopic (exact) mass is 249 g/mol. The molecule has 100 valence electrons. The van der Waals surface area contributed by atoms with Gasteiger partial charge in [-0.25, -0.2) is 0 Å². The van der Waals surface area contributed by atoms with Gasteiger partial charge in [0, 0.05) is 13.1 Å². The van der Waals surface area contributed by atoms with E-state index in [1.165, 1.54) is 25.7 Å². The van der Waals surface area contributed by atoms with E-state index < -0.39 is 0 Å². The van der Waals surface area contributed by atoms with E-state index in [0.717, 1.165) is 18.7 Å². The van der Waals surface area contributed by atoms with Crippen LogP contribution in [-0.4, -0.2) is 18.8 Å². The number of ether oxygens (including phenoxy) is 1. The highest BCUT2D eigenvalue weighted by molar-refractivity contribution is 5.41. The van der Waals surface area contributed by atoms with Gasteiger partial charge in [-0.05, 0) is 36.0 Å². The van der Waals surface area contributed by atoms with Gasteiger partial charge in [0.2, 0.25) is 0 Å². The molecule has 2 rings (SSSR count). The van der Waals surface area contributed by atoms with E-state index >= 15 is 0 Å². The molecule has 0 aromatic heterocycles. The van der Waals surface area contributed by atoms with Gasteiger partial charge in [-0.1, -0.05) is 25.8 Å². The predicted molar refractivity (Wildman–Crippen MR) is 72.9 cm³/mol. The summed E-state index contributed by atoms with van der Waals surface area (Å²) < 4.78 is 5.11. The zero-order valence-corrected chi connectivity index (χ0v) is 11.3. The Labute approximate surface area is 109 Å². The van der Waals surface area contributed by atoms with E-state index in [4.69, 9.17) is 4.74 Å². The summed E-state index contributed by atoms with van der Waals surface area (Å²) in [5.74, 6) is 0.741. The lowest BCUT2D eigenvalue weighted by atomic mass is 9.89. The minimum atomic E-state index is 0.198. The number of hydrogen-bond donors (Lipinski definition) is 2. The Morgan fingerprint density at radius 1 is 1.33 bits per heavy atom. The lowest BCUT2D eigenvalue weighted by Gasteiger charge is -2.23. The smallest absolute Gasteiger partial charge is 0.160 e. The van der Waals surface area contributed by atoms with E-state index in [1.54, 1.807) is 13.2 Å². The van der Waals surface area contributed by atoms with Crippen molar-refractivity contribution in [2.24, 2.45) is 5.41 Å². The van der Waals surface area contributed by atoms with Gasteiger partial charge in [-0.15, -0.1) is 0 Å². The Bertz CT molecular complexity index is 397. The van der Waals surface area contributed by atoms with E-state index in [2.05, 4.69) is 12.2 Å². The lowest BCUT2D eigenvalue weighted by Crippen LogP contribution is -2.29. The third-order valence-corrected chi connectivity index (χ3v) is 3.94. The van der Waals surface area contributed by atoms with Crippen molar-refractivity contribution >= 4 is 0 Å². The van der Waals surface area contributed by atoms with Gasteiger partial charge in [0.15, 0.2) is 11.5 Å². The fourth-order valence-electron chi connectivity index (χ4n) is 2.75. The summed E-state index contributed by atoms with van der Waals surface area (Å²) in [6, 6.07) is 5.51. The molecule has 1 aromatic rings. The van der Waals surface area contributed by atoms with Crippen LogP contribution >= 0.6 is 0 Å². The minimum absolute atomic E-state index is 0.198. The summed E-state index contributed by atoms with van der Waals surface area (Å²) in [5.41, 5.74) is 1.62. The Morgan fingerprint density at radius 2 is 2.06 bits per heavy atom. The van der Waals surface area contributed by atoms with Crippen LogP contribution in [0.15, 0.2) is 18.2 Å². The highest BCUT2D eigenvalue weighted by Gasteiger charge is 2.27. The van der Waals surface area contributed by atoms with Crippen molar-refractivity contribution < 1.29 is 9.84 Å². The molecular weight excluding hydrogens is 226 g/mol. The Kier molecular flexibility index (Phi) is 4.12. The molecule has 1 saturated carbocycles. The molecule has 3 nitrogen and oxygen atoms in total. The second-order valence-electron chi connectivity index (χ2n) is 5.63. The van der Waals surface area contributed by atoms with Gasteiger partial charge in [0.25, 0.3) is 0 Å². The van der Waals surface area contributed by atoms with Crippen LogP contribution in [0.5, 0.6) is 11.5 Å². The summed E-state index contributed by atoms with van der Waals surface area (Å²) in [4.78, 5) is 0. The third-order valence-electron chi connectivity index (χ3n) is 3.94. The summed E-state index contributed by atoms with van der Waals surface area (Å²) in [7, 11) is 1.58. The molecule has 0 heterocycles. The third kappa shape index (κ3) is 3.16. The molecular formula is C15H23NO2. The average Bonchev–Trinajstić information content (AvgIpc) is 2.78. The molecule has 18 heavy (non-hydrogen) atoms. The maximum Gasteiger partial charge on any atom is 0.160 e. The van der Waals surface area contributed by atoms with Gasteiger partial charge in [-0.2, -0.15) is 0 Å². The second kappa shape index (κ2) is 5.61. The quantitative estimate of drug-likeness (QED) is 0.842. The highest BCUT2D eigenvalue weighted by Crippen LogP contribution is 2.36. The maximum absolute atomic E-state index is 9.53. The number of phenolic OH excluding ortho intramolecular Hbond substituents is 1. The van der Waals surface area contributed by atoms with Gasteiger partial charge < -0.3 is 15.2 Å². The van der Waals surface area contributed by atoms with Crippen LogP contribution in [0.4, 0.5) is 0 Å². The molecule has 1 aromatic carbocycles. The molecule has 1 aliphatic rings. The molecule has 1 fully saturated rings. The van der Waals surface area contributed by atoms with Crippen LogP contribution in [0.25, 0.3) is 0 Å². The van der Waals surface area contributed by atoms with Crippen LogP contribution in [0, 0.1) is 5.41 Å². The maximum atomic E-state index is 9.53. The van der Waals surface area contributed by atoms with Crippen molar-refractivity contribution in [1.82, 2.24) is 5.32 Å². The first-order valence-corrected chi connectivity index (χ1v) is 6.70. The number of rotatable bonds is 5. The molecule has 0 spiro atoms. The summed E-state index contributed by atoms with van der Waals surface area (Å²) in [6.07, 6.45) is 5.40. The molecule has 3 heteroatoms. The summed E-state index contributed by atoms with van der Waals surface area (Å²) in [6.45, 7) is 4.26. The highest BCUT2D eigenvalue weighted by atomic mass is 16.5. The van der Waals surface area contributed by atoms with Gasteiger partial charge in [0.1, 0.15) is 0 Å². The molecule has 0 aliphatic heterocycles. The number of hydrogen-bond acceptors (Lipinski definition) is 3. The van der Waals surface area contributed by atoms with E-state index in [1.807, 2.05) is 12.1 Å². The van der Waals surface area contributed by atoms with Crippen LogP contribution < -0.4 is 10.1 Å². The predicted octanol–water partition coefficient (Wildman–Crippen LogP) is 3.07. The van der Waals surface area contributed by atoms with Crippen LogP contribution in [-0.2, 0) is 6.54 Å². The van der Waals surface area contributed by atoms with E-state index in [9.17, 15) is 5.11 Å². The van der Waals surface area contributed by atoms with Crippen molar-refractivity contribution in [3.8, 4) is 11.5 Å². The zero-order chi connectivity index (χ0) is 13.0. The fraction of sp³-hybridized carbons (Fsp3) is 0.600. The fourth-order valence-corrected chi connectivity index (χ4v) is 2.75. The standard InChI is InChI=1S/C15H23NO2/c1-15(7-3-4-8-15)11-16-10-12-5-6-13(17)14(9-12)18-2/h5-6,9,16-17H,3-4,7-8,10-11H2,1-2H3. The second-order valence-corrected chi connectivity index (χ2v) is 5.63. The Morgan fingerprint density at radius 3 is 2.72 bits per heavy atom. The topological polar surface area (TPSA) is 41.5 Å². The van der Waals surface area contributed by atoms with Crippen molar-refractivity contribution in [3.05, 3.63) is 23.8 Å². The number of phenols is 1. The van der Waals surface area contributed by atoms with Gasteiger partial charge in [0.05, 0.1) is 7.11 Å². The van der Waals surface area contributed by atoms with Crippen molar-refractivity contribution in [2.75, 3.05) is 13.7 Å². The molecule has 1 aliphatic carbocycles. The molecule has 0 amide bonds. The summed E-state index contributed by atoms with van der Waals surface area (Å²) >= 11 is 0. The first kappa shape index (κ1) is 13.2. The van der Waals surface area contributed by atoms with Crippen LogP contribution in [0.1, 0.15) is 38.2 Å². The summed E-state index contributed by atoms with van der Waals surface area (Å²) in [5, 5.41) is 13.0. The molecule has 0 radical (unpaired) electrons. The molecule has 0 bridgehead atoms. The largest absolute Gasteiger partial charge is 0.504 e. The van der Waals surface area contributed by atoms with E-state index in [0.29, 0.717) is 11.2 Å². The molecule has 2 N–H and O–H groups in total. The zero-order valence-electron chi connectivity index (χ0n) is 11.3. The number of aromatic hydroxyl groups is 1. The van der Waals surface area contributed by atoms with Gasteiger partial charge in [-0.3, -0.25) is 0 Å². The van der Waals surface area contributed by atoms with Gasteiger partial charge >= 0.3 is 0 Å². The number of nitrogens with one attached hydrogen (secondary N) is 1. The van der Waals surface area contributed by atoms with E-state index in [-0.39, 0.29) is 5.75 Å². The molecule has 0 unspecified atom stereocenters. The first-order chi connectivity index (χ1) is 8.63. The SMILES string of the molecule is COc1cc(CNCC2(C)CCCC2)ccc1O. The van der Waals surface area contributed by atoms with Crippen molar-refractivity contribution in [2.45, 2.75) is 39.2 Å². The normalized spacial score (nSPS) is 17.9.